The number of aryl methyl sites for hydroxylation is 1. The molecule has 0 aliphatic rings. The van der Waals surface area contributed by atoms with Crippen molar-refractivity contribution in [3.63, 3.8) is 0 Å². The predicted molar refractivity (Wildman–Crippen MR) is 96.7 cm³/mol. The summed E-state index contributed by atoms with van der Waals surface area (Å²) in [6.45, 7) is 4.64. The number of methoxy groups -OCH3 is 2. The first kappa shape index (κ1) is 18.3. The molecule has 2 unspecified atom stereocenters. The Balaban J connectivity index is 2.06. The van der Waals surface area contributed by atoms with Gasteiger partial charge in [0.05, 0.1) is 20.3 Å². The summed E-state index contributed by atoms with van der Waals surface area (Å²) in [5.41, 5.74) is 3.20. The van der Waals surface area contributed by atoms with Crippen LogP contribution < -0.4 is 14.8 Å². The van der Waals surface area contributed by atoms with Gasteiger partial charge in [0, 0.05) is 12.6 Å². The molecule has 0 aromatic heterocycles. The maximum Gasteiger partial charge on any atom is 0.161 e. The molecular weight excluding hydrogens is 302 g/mol. The lowest BCUT2D eigenvalue weighted by Gasteiger charge is -2.21. The van der Waals surface area contributed by atoms with Crippen LogP contribution in [0.4, 0.5) is 0 Å². The SMILES string of the molecule is CCC(NCC(O)c1cccc(C)c1)c1ccc(OC)c(OC)c1. The zero-order valence-corrected chi connectivity index (χ0v) is 14.9. The number of rotatable bonds is 8. The van der Waals surface area contributed by atoms with Crippen LogP contribution >= 0.6 is 0 Å². The lowest BCUT2D eigenvalue weighted by molar-refractivity contribution is 0.169. The van der Waals surface area contributed by atoms with E-state index >= 15 is 0 Å². The molecule has 0 fully saturated rings. The first-order valence-corrected chi connectivity index (χ1v) is 8.29. The molecule has 2 N–H and O–H groups in total. The van der Waals surface area contributed by atoms with E-state index in [2.05, 4.69) is 12.2 Å². The third-order valence-electron chi connectivity index (χ3n) is 4.20. The zero-order valence-electron chi connectivity index (χ0n) is 14.9. The fourth-order valence-corrected chi connectivity index (χ4v) is 2.82. The van der Waals surface area contributed by atoms with E-state index in [1.54, 1.807) is 14.2 Å². The molecule has 0 amide bonds. The first-order chi connectivity index (χ1) is 11.6. The van der Waals surface area contributed by atoms with Crippen molar-refractivity contribution in [2.75, 3.05) is 20.8 Å². The minimum atomic E-state index is -0.529. The lowest BCUT2D eigenvalue weighted by atomic mass is 10.0. The van der Waals surface area contributed by atoms with Gasteiger partial charge < -0.3 is 19.9 Å². The van der Waals surface area contributed by atoms with Crippen LogP contribution in [-0.4, -0.2) is 25.9 Å². The summed E-state index contributed by atoms with van der Waals surface area (Å²) in [7, 11) is 3.27. The van der Waals surface area contributed by atoms with Crippen molar-refractivity contribution in [1.29, 1.82) is 0 Å². The molecule has 0 aliphatic heterocycles. The first-order valence-electron chi connectivity index (χ1n) is 8.29. The molecule has 0 saturated carbocycles. The van der Waals surface area contributed by atoms with E-state index in [-0.39, 0.29) is 6.04 Å². The number of hydrogen-bond acceptors (Lipinski definition) is 4. The van der Waals surface area contributed by atoms with Crippen molar-refractivity contribution in [3.8, 4) is 11.5 Å². The number of nitrogens with one attached hydrogen (secondary N) is 1. The van der Waals surface area contributed by atoms with Crippen molar-refractivity contribution in [2.24, 2.45) is 0 Å². The fraction of sp³-hybridized carbons (Fsp3) is 0.400. The molecule has 24 heavy (non-hydrogen) atoms. The van der Waals surface area contributed by atoms with Gasteiger partial charge in [0.2, 0.25) is 0 Å². The van der Waals surface area contributed by atoms with E-state index in [1.165, 1.54) is 0 Å². The highest BCUT2D eigenvalue weighted by Crippen LogP contribution is 2.31. The Bertz CT molecular complexity index is 657. The number of ether oxygens (including phenoxy) is 2. The summed E-state index contributed by atoms with van der Waals surface area (Å²) in [5.74, 6) is 1.44. The molecule has 0 bridgehead atoms. The van der Waals surface area contributed by atoms with E-state index in [0.717, 1.165) is 34.6 Å². The summed E-state index contributed by atoms with van der Waals surface area (Å²) in [5, 5.41) is 13.9. The Morgan fingerprint density at radius 2 is 1.75 bits per heavy atom. The number of aliphatic hydroxyl groups is 1. The monoisotopic (exact) mass is 329 g/mol. The second kappa shape index (κ2) is 8.71. The minimum absolute atomic E-state index is 0.143. The van der Waals surface area contributed by atoms with Crippen molar-refractivity contribution in [1.82, 2.24) is 5.32 Å². The zero-order chi connectivity index (χ0) is 17.5. The molecule has 130 valence electrons. The topological polar surface area (TPSA) is 50.7 Å². The maximum atomic E-state index is 10.4. The Kier molecular flexibility index (Phi) is 6.64. The molecule has 2 aromatic rings. The molecule has 0 saturated heterocycles. The van der Waals surface area contributed by atoms with Crippen molar-refractivity contribution in [3.05, 3.63) is 59.2 Å². The molecule has 2 atom stereocenters. The Hall–Kier alpha value is -2.04. The lowest BCUT2D eigenvalue weighted by Crippen LogP contribution is -2.26. The van der Waals surface area contributed by atoms with Gasteiger partial charge in [-0.25, -0.2) is 0 Å². The normalized spacial score (nSPS) is 13.4. The molecule has 2 rings (SSSR count). The summed E-state index contributed by atoms with van der Waals surface area (Å²) in [6, 6.07) is 14.0. The van der Waals surface area contributed by atoms with Gasteiger partial charge in [-0.3, -0.25) is 0 Å². The molecule has 0 heterocycles. The Morgan fingerprint density at radius 1 is 1.00 bits per heavy atom. The highest BCUT2D eigenvalue weighted by atomic mass is 16.5. The molecule has 4 heteroatoms. The van der Waals surface area contributed by atoms with Crippen LogP contribution in [0.15, 0.2) is 42.5 Å². The van der Waals surface area contributed by atoms with Crippen LogP contribution in [-0.2, 0) is 0 Å². The van der Waals surface area contributed by atoms with E-state index in [9.17, 15) is 5.11 Å². The van der Waals surface area contributed by atoms with Gasteiger partial charge in [0.1, 0.15) is 0 Å². The van der Waals surface area contributed by atoms with Gasteiger partial charge in [0.25, 0.3) is 0 Å². The average molecular weight is 329 g/mol. The third kappa shape index (κ3) is 4.49. The standard InChI is InChI=1S/C20H27NO3/c1-5-17(15-9-10-19(23-3)20(12-15)24-4)21-13-18(22)16-8-6-7-14(2)11-16/h6-12,17-18,21-22H,5,13H2,1-4H3. The molecule has 0 aliphatic carbocycles. The van der Waals surface area contributed by atoms with Crippen molar-refractivity contribution >= 4 is 0 Å². The van der Waals surface area contributed by atoms with Gasteiger partial charge in [-0.2, -0.15) is 0 Å². The summed E-state index contributed by atoms with van der Waals surface area (Å²) in [4.78, 5) is 0. The van der Waals surface area contributed by atoms with Gasteiger partial charge in [0.15, 0.2) is 11.5 Å². The Labute approximate surface area is 144 Å². The maximum absolute atomic E-state index is 10.4. The minimum Gasteiger partial charge on any atom is -0.493 e. The van der Waals surface area contributed by atoms with E-state index in [4.69, 9.17) is 9.47 Å². The fourth-order valence-electron chi connectivity index (χ4n) is 2.82. The van der Waals surface area contributed by atoms with E-state index in [0.29, 0.717) is 6.54 Å². The molecule has 2 aromatic carbocycles. The van der Waals surface area contributed by atoms with Crippen LogP contribution in [0, 0.1) is 6.92 Å². The number of aliphatic hydroxyl groups excluding tert-OH is 1. The van der Waals surface area contributed by atoms with Gasteiger partial charge in [-0.1, -0.05) is 42.8 Å². The molecule has 4 nitrogen and oxygen atoms in total. The molecular formula is C20H27NO3. The van der Waals surface area contributed by atoms with Crippen LogP contribution in [0.1, 0.15) is 42.2 Å². The quantitative estimate of drug-likeness (QED) is 0.774. The highest BCUT2D eigenvalue weighted by Gasteiger charge is 2.15. The molecule has 0 radical (unpaired) electrons. The summed E-state index contributed by atoms with van der Waals surface area (Å²) in [6.07, 6.45) is 0.384. The Morgan fingerprint density at radius 3 is 2.38 bits per heavy atom. The van der Waals surface area contributed by atoms with Crippen LogP contribution in [0.2, 0.25) is 0 Å². The van der Waals surface area contributed by atoms with Crippen molar-refractivity contribution < 1.29 is 14.6 Å². The van der Waals surface area contributed by atoms with Gasteiger partial charge >= 0.3 is 0 Å². The second-order valence-corrected chi connectivity index (χ2v) is 5.91. The average Bonchev–Trinajstić information content (AvgIpc) is 2.61. The van der Waals surface area contributed by atoms with Gasteiger partial charge in [-0.05, 0) is 36.6 Å². The van der Waals surface area contributed by atoms with Crippen LogP contribution in [0.3, 0.4) is 0 Å². The van der Waals surface area contributed by atoms with Gasteiger partial charge in [-0.15, -0.1) is 0 Å². The van der Waals surface area contributed by atoms with E-state index in [1.807, 2.05) is 49.4 Å². The van der Waals surface area contributed by atoms with Crippen LogP contribution in [0.5, 0.6) is 11.5 Å². The predicted octanol–water partition coefficient (Wildman–Crippen LogP) is 3.79. The highest BCUT2D eigenvalue weighted by molar-refractivity contribution is 5.43. The largest absolute Gasteiger partial charge is 0.493 e. The van der Waals surface area contributed by atoms with Crippen molar-refractivity contribution in [2.45, 2.75) is 32.4 Å². The summed E-state index contributed by atoms with van der Waals surface area (Å²) >= 11 is 0. The number of benzene rings is 2. The van der Waals surface area contributed by atoms with E-state index < -0.39 is 6.10 Å². The summed E-state index contributed by atoms with van der Waals surface area (Å²) < 4.78 is 10.7. The van der Waals surface area contributed by atoms with Crippen LogP contribution in [0.25, 0.3) is 0 Å². The third-order valence-corrected chi connectivity index (χ3v) is 4.20. The second-order valence-electron chi connectivity index (χ2n) is 5.91. The number of hydrogen-bond donors (Lipinski definition) is 2. The molecule has 0 spiro atoms. The smallest absolute Gasteiger partial charge is 0.161 e.